The van der Waals surface area contributed by atoms with E-state index in [0.717, 1.165) is 6.07 Å². The average Bonchev–Trinajstić information content (AvgIpc) is 3.36. The van der Waals surface area contributed by atoms with Gasteiger partial charge in [0.15, 0.2) is 11.6 Å². The van der Waals surface area contributed by atoms with Gasteiger partial charge >= 0.3 is 6.18 Å². The second-order valence-electron chi connectivity index (χ2n) is 7.86. The minimum absolute atomic E-state index is 0.00615. The Morgan fingerprint density at radius 3 is 2.48 bits per heavy atom. The Balaban J connectivity index is 1.51. The monoisotopic (exact) mass is 440 g/mol. The van der Waals surface area contributed by atoms with Crippen molar-refractivity contribution in [1.29, 1.82) is 0 Å². The third kappa shape index (κ3) is 3.70. The number of nitrogens with one attached hydrogen (secondary N) is 1. The molecule has 31 heavy (non-hydrogen) atoms. The molecule has 5 rings (SSSR count). The summed E-state index contributed by atoms with van der Waals surface area (Å²) in [6.45, 7) is 3.88. The van der Waals surface area contributed by atoms with Gasteiger partial charge in [-0.1, -0.05) is 5.16 Å². The summed E-state index contributed by atoms with van der Waals surface area (Å²) in [5.74, 6) is -1.00. The van der Waals surface area contributed by atoms with E-state index in [1.807, 2.05) is 4.90 Å². The van der Waals surface area contributed by atoms with Gasteiger partial charge in [-0.25, -0.2) is 4.39 Å². The molecule has 166 valence electrons. The van der Waals surface area contributed by atoms with Crippen molar-refractivity contribution >= 4 is 17.3 Å². The highest BCUT2D eigenvalue weighted by atomic mass is 19.4. The van der Waals surface area contributed by atoms with Gasteiger partial charge in [-0.15, -0.1) is 0 Å². The second kappa shape index (κ2) is 7.28. The lowest BCUT2D eigenvalue weighted by molar-refractivity contribution is -0.186. The molecule has 0 bridgehead atoms. The summed E-state index contributed by atoms with van der Waals surface area (Å²) in [5.41, 5.74) is -0.496. The zero-order valence-electron chi connectivity index (χ0n) is 16.6. The van der Waals surface area contributed by atoms with Crippen LogP contribution in [-0.4, -0.2) is 53.3 Å². The maximum Gasteiger partial charge on any atom is 0.416 e. The molecule has 3 aliphatic heterocycles. The van der Waals surface area contributed by atoms with E-state index < -0.39 is 29.5 Å². The first kappa shape index (κ1) is 20.4. The van der Waals surface area contributed by atoms with Crippen molar-refractivity contribution in [2.45, 2.75) is 37.9 Å². The highest BCUT2D eigenvalue weighted by Gasteiger charge is 2.43. The van der Waals surface area contributed by atoms with Crippen LogP contribution in [0, 0.1) is 12.7 Å². The third-order valence-electron chi connectivity index (χ3n) is 5.85. The minimum atomic E-state index is -4.66. The molecular formula is C20H20F4N4O3. The first-order valence-corrected chi connectivity index (χ1v) is 9.96. The Hall–Kier alpha value is -2.50. The van der Waals surface area contributed by atoms with Crippen LogP contribution in [0.25, 0.3) is 11.6 Å². The van der Waals surface area contributed by atoms with Gasteiger partial charge in [0.2, 0.25) is 0 Å². The number of hydrogen-bond acceptors (Lipinski definition) is 7. The molecule has 11 heteroatoms. The number of aromatic nitrogens is 2. The smallest absolute Gasteiger partial charge is 0.363 e. The van der Waals surface area contributed by atoms with Gasteiger partial charge < -0.3 is 19.3 Å². The summed E-state index contributed by atoms with van der Waals surface area (Å²) in [6.07, 6.45) is -2.51. The summed E-state index contributed by atoms with van der Waals surface area (Å²) < 4.78 is 71.1. The third-order valence-corrected chi connectivity index (χ3v) is 5.85. The maximum atomic E-state index is 14.7. The fourth-order valence-electron chi connectivity index (χ4n) is 4.31. The normalized spacial score (nSPS) is 23.5. The highest BCUT2D eigenvalue weighted by Crippen LogP contribution is 2.41. The van der Waals surface area contributed by atoms with Crippen molar-refractivity contribution in [3.05, 3.63) is 40.8 Å². The van der Waals surface area contributed by atoms with E-state index >= 15 is 0 Å². The Bertz CT molecular complexity index is 1020. The molecule has 1 spiro atoms. The Labute approximate surface area is 175 Å². The summed E-state index contributed by atoms with van der Waals surface area (Å²) in [5, 5.41) is 6.85. The topological polar surface area (TPSA) is 72.7 Å². The number of hydrogen-bond donors (Lipinski definition) is 1. The molecule has 0 radical (unpaired) electrons. The molecule has 1 unspecified atom stereocenters. The molecule has 7 nitrogen and oxygen atoms in total. The number of fused-ring (bicyclic) bond motifs is 1. The van der Waals surface area contributed by atoms with E-state index in [1.54, 1.807) is 6.92 Å². The van der Waals surface area contributed by atoms with Gasteiger partial charge in [0.25, 0.3) is 5.89 Å². The van der Waals surface area contributed by atoms with Crippen LogP contribution in [0.2, 0.25) is 0 Å². The van der Waals surface area contributed by atoms with Gasteiger partial charge in [0, 0.05) is 31.5 Å². The zero-order chi connectivity index (χ0) is 21.8. The number of benzene rings is 1. The Morgan fingerprint density at radius 1 is 1.16 bits per heavy atom. The maximum absolute atomic E-state index is 14.7. The van der Waals surface area contributed by atoms with E-state index in [1.165, 1.54) is 6.08 Å². The van der Waals surface area contributed by atoms with Crippen molar-refractivity contribution in [3.63, 3.8) is 0 Å². The predicted octanol–water partition coefficient (Wildman–Crippen LogP) is 3.67. The van der Waals surface area contributed by atoms with Gasteiger partial charge in [-0.05, 0) is 25.1 Å². The summed E-state index contributed by atoms with van der Waals surface area (Å²) in [6, 6.07) is 1.42. The van der Waals surface area contributed by atoms with E-state index in [4.69, 9.17) is 14.0 Å². The van der Waals surface area contributed by atoms with Crippen LogP contribution < -0.4 is 5.32 Å². The van der Waals surface area contributed by atoms with Crippen molar-refractivity contribution in [2.24, 2.45) is 0 Å². The second-order valence-corrected chi connectivity index (χ2v) is 7.86. The number of rotatable bonds is 2. The number of alkyl halides is 3. The molecule has 1 atom stereocenters. The molecular weight excluding hydrogens is 420 g/mol. The molecule has 0 aliphatic carbocycles. The number of anilines is 1. The van der Waals surface area contributed by atoms with E-state index in [-0.39, 0.29) is 17.1 Å². The zero-order valence-corrected chi connectivity index (χ0v) is 16.6. The van der Waals surface area contributed by atoms with E-state index in [0.29, 0.717) is 56.6 Å². The van der Waals surface area contributed by atoms with Crippen LogP contribution in [0.5, 0.6) is 0 Å². The highest BCUT2D eigenvalue weighted by molar-refractivity contribution is 5.90. The molecule has 1 aromatic heterocycles. The standard InChI is InChI=1S/C20H20F4N4O3/c1-11-25-18(31-27-11)14-9-12-8-13(20(22,23)24)10-15(21)16(12)26-17(14)28-4-2-19(3-5-28)29-6-7-30-19/h8-10,17,26H,2-7H2,1H3. The molecule has 0 saturated carbocycles. The van der Waals surface area contributed by atoms with Crippen LogP contribution in [-0.2, 0) is 15.7 Å². The number of aryl methyl sites for hydroxylation is 1. The fraction of sp³-hybridized carbons (Fsp3) is 0.500. The summed E-state index contributed by atoms with van der Waals surface area (Å²) in [7, 11) is 0. The van der Waals surface area contributed by atoms with Crippen LogP contribution in [0.1, 0.15) is 35.7 Å². The lowest BCUT2D eigenvalue weighted by Gasteiger charge is -2.43. The lowest BCUT2D eigenvalue weighted by Crippen LogP contribution is -2.52. The molecule has 2 saturated heterocycles. The molecule has 0 amide bonds. The Kier molecular flexibility index (Phi) is 4.79. The van der Waals surface area contributed by atoms with Crippen LogP contribution >= 0.6 is 0 Å². The molecule has 2 fully saturated rings. The van der Waals surface area contributed by atoms with Gasteiger partial charge in [0.05, 0.1) is 30.0 Å². The molecule has 1 N–H and O–H groups in total. The van der Waals surface area contributed by atoms with Gasteiger partial charge in [-0.3, -0.25) is 4.90 Å². The predicted molar refractivity (Wildman–Crippen MR) is 101 cm³/mol. The number of halogens is 4. The van der Waals surface area contributed by atoms with Crippen molar-refractivity contribution < 1.29 is 31.6 Å². The first-order chi connectivity index (χ1) is 14.7. The van der Waals surface area contributed by atoms with E-state index in [2.05, 4.69) is 15.5 Å². The number of likely N-dealkylation sites (tertiary alicyclic amines) is 1. The molecule has 3 aliphatic rings. The molecule has 4 heterocycles. The van der Waals surface area contributed by atoms with Crippen LogP contribution in [0.3, 0.4) is 0 Å². The fourth-order valence-corrected chi connectivity index (χ4v) is 4.31. The summed E-state index contributed by atoms with van der Waals surface area (Å²) in [4.78, 5) is 6.28. The lowest BCUT2D eigenvalue weighted by atomic mass is 9.96. The SMILES string of the molecule is Cc1noc(C2=Cc3cc(C(F)(F)F)cc(F)c3NC2N2CCC3(CC2)OCCO3)n1. The van der Waals surface area contributed by atoms with Crippen molar-refractivity contribution in [3.8, 4) is 0 Å². The number of ether oxygens (including phenoxy) is 2. The number of piperidine rings is 1. The molecule has 2 aromatic rings. The quantitative estimate of drug-likeness (QED) is 0.715. The van der Waals surface area contributed by atoms with E-state index in [9.17, 15) is 17.6 Å². The Morgan fingerprint density at radius 2 is 1.87 bits per heavy atom. The van der Waals surface area contributed by atoms with Crippen LogP contribution in [0.15, 0.2) is 16.7 Å². The molecule has 1 aromatic carbocycles. The van der Waals surface area contributed by atoms with Gasteiger partial charge in [-0.2, -0.15) is 18.2 Å². The van der Waals surface area contributed by atoms with Crippen molar-refractivity contribution in [2.75, 3.05) is 31.6 Å². The van der Waals surface area contributed by atoms with Crippen LogP contribution in [0.4, 0.5) is 23.2 Å². The first-order valence-electron chi connectivity index (χ1n) is 9.96. The number of nitrogens with zero attached hydrogens (tertiary/aromatic N) is 3. The largest absolute Gasteiger partial charge is 0.416 e. The minimum Gasteiger partial charge on any atom is -0.363 e. The van der Waals surface area contributed by atoms with Gasteiger partial charge in [0.1, 0.15) is 12.0 Å². The van der Waals surface area contributed by atoms with Crippen molar-refractivity contribution in [1.82, 2.24) is 15.0 Å². The summed E-state index contributed by atoms with van der Waals surface area (Å²) >= 11 is 0. The average molecular weight is 440 g/mol.